The highest BCUT2D eigenvalue weighted by Gasteiger charge is 2.30. The van der Waals surface area contributed by atoms with Crippen molar-refractivity contribution >= 4 is 28.3 Å². The summed E-state index contributed by atoms with van der Waals surface area (Å²) in [6.45, 7) is 0.0213. The summed E-state index contributed by atoms with van der Waals surface area (Å²) in [4.78, 5) is 12.9. The van der Waals surface area contributed by atoms with Crippen LogP contribution in [0.25, 0.3) is 10.8 Å². The molecule has 1 N–H and O–H groups in total. The van der Waals surface area contributed by atoms with Gasteiger partial charge in [-0.25, -0.2) is 0 Å². The Balaban J connectivity index is 1.65. The van der Waals surface area contributed by atoms with E-state index in [2.05, 4.69) is 5.32 Å². The lowest BCUT2D eigenvalue weighted by Crippen LogP contribution is -2.39. The number of nitrogens with one attached hydrogen (secondary N) is 1. The van der Waals surface area contributed by atoms with E-state index in [0.717, 1.165) is 36.8 Å². The van der Waals surface area contributed by atoms with Crippen LogP contribution in [-0.4, -0.2) is 11.9 Å². The summed E-state index contributed by atoms with van der Waals surface area (Å²) in [5, 5.41) is 4.84. The molecule has 3 aromatic carbocycles. The second-order valence-electron chi connectivity index (χ2n) is 7.37. The highest BCUT2D eigenvalue weighted by Crippen LogP contribution is 2.36. The molecular formula is C23H19ClF3NO2. The molecule has 0 aliphatic heterocycles. The average Bonchev–Trinajstić information content (AvgIpc) is 2.69. The Morgan fingerprint density at radius 3 is 2.33 bits per heavy atom. The molecule has 0 radical (unpaired) electrons. The predicted molar refractivity (Wildman–Crippen MR) is 110 cm³/mol. The van der Waals surface area contributed by atoms with E-state index in [1.165, 1.54) is 12.1 Å². The van der Waals surface area contributed by atoms with Gasteiger partial charge < -0.3 is 10.1 Å². The van der Waals surface area contributed by atoms with Crippen molar-refractivity contribution in [3.05, 3.63) is 76.3 Å². The molecule has 0 atom stereocenters. The van der Waals surface area contributed by atoms with Gasteiger partial charge in [-0.3, -0.25) is 4.79 Å². The predicted octanol–water partition coefficient (Wildman–Crippen LogP) is 6.37. The number of ether oxygens (including phenoxy) is 1. The Bertz CT molecular complexity index is 1080. The molecule has 7 heteroatoms. The summed E-state index contributed by atoms with van der Waals surface area (Å²) in [6.07, 6.45) is -1.43. The minimum atomic E-state index is -4.39. The van der Waals surface area contributed by atoms with Crippen LogP contribution in [0, 0.1) is 0 Å². The number of rotatable bonds is 5. The number of halogens is 4. The fourth-order valence-electron chi connectivity index (χ4n) is 3.39. The molecule has 0 aromatic heterocycles. The number of benzene rings is 3. The highest BCUT2D eigenvalue weighted by atomic mass is 35.5. The van der Waals surface area contributed by atoms with Crippen LogP contribution in [-0.2, 0) is 12.8 Å². The molecule has 0 heterocycles. The van der Waals surface area contributed by atoms with Crippen LogP contribution in [0.15, 0.2) is 54.6 Å². The zero-order valence-electron chi connectivity index (χ0n) is 15.9. The lowest BCUT2D eigenvalue weighted by Gasteiger charge is -2.27. The summed E-state index contributed by atoms with van der Waals surface area (Å²) < 4.78 is 44.3. The lowest BCUT2D eigenvalue weighted by molar-refractivity contribution is -0.137. The molecule has 1 fully saturated rings. The van der Waals surface area contributed by atoms with Crippen molar-refractivity contribution in [2.75, 3.05) is 0 Å². The third-order valence-corrected chi connectivity index (χ3v) is 5.61. The molecule has 1 saturated carbocycles. The zero-order valence-corrected chi connectivity index (χ0v) is 16.7. The maximum absolute atomic E-state index is 12.9. The van der Waals surface area contributed by atoms with E-state index in [1.807, 2.05) is 24.3 Å². The Labute approximate surface area is 176 Å². The van der Waals surface area contributed by atoms with Gasteiger partial charge in [-0.05, 0) is 43.0 Å². The van der Waals surface area contributed by atoms with E-state index in [1.54, 1.807) is 6.07 Å². The topological polar surface area (TPSA) is 38.3 Å². The molecule has 1 aliphatic rings. The fraction of sp³-hybridized carbons (Fsp3) is 0.261. The Morgan fingerprint density at radius 2 is 1.73 bits per heavy atom. The molecule has 4 rings (SSSR count). The minimum Gasteiger partial charge on any atom is -0.487 e. The van der Waals surface area contributed by atoms with E-state index in [-0.39, 0.29) is 18.6 Å². The molecule has 3 aromatic rings. The number of hydrogen-bond donors (Lipinski definition) is 1. The van der Waals surface area contributed by atoms with Gasteiger partial charge in [0.2, 0.25) is 0 Å². The first kappa shape index (κ1) is 20.5. The van der Waals surface area contributed by atoms with Crippen molar-refractivity contribution in [1.29, 1.82) is 0 Å². The quantitative estimate of drug-likeness (QED) is 0.507. The van der Waals surface area contributed by atoms with E-state index in [0.29, 0.717) is 27.3 Å². The Kier molecular flexibility index (Phi) is 5.60. The molecule has 0 spiro atoms. The van der Waals surface area contributed by atoms with Gasteiger partial charge in [-0.15, -0.1) is 0 Å². The van der Waals surface area contributed by atoms with Gasteiger partial charge >= 0.3 is 6.18 Å². The van der Waals surface area contributed by atoms with Gasteiger partial charge in [-0.1, -0.05) is 48.0 Å². The second-order valence-corrected chi connectivity index (χ2v) is 7.77. The van der Waals surface area contributed by atoms with Gasteiger partial charge in [0.15, 0.2) is 0 Å². The van der Waals surface area contributed by atoms with E-state index in [9.17, 15) is 18.0 Å². The fourth-order valence-corrected chi connectivity index (χ4v) is 3.66. The van der Waals surface area contributed by atoms with Crippen molar-refractivity contribution in [3.8, 4) is 5.75 Å². The van der Waals surface area contributed by atoms with Crippen LogP contribution >= 0.6 is 11.6 Å². The van der Waals surface area contributed by atoms with Crippen LogP contribution in [0.3, 0.4) is 0 Å². The van der Waals surface area contributed by atoms with Crippen molar-refractivity contribution in [2.24, 2.45) is 0 Å². The second kappa shape index (κ2) is 8.19. The number of hydrogen-bond acceptors (Lipinski definition) is 2. The van der Waals surface area contributed by atoms with Crippen LogP contribution in [0.2, 0.25) is 5.02 Å². The Morgan fingerprint density at radius 1 is 1.07 bits per heavy atom. The number of amides is 1. The molecule has 3 nitrogen and oxygen atoms in total. The number of carbonyl (C=O) groups is 1. The molecular weight excluding hydrogens is 415 g/mol. The number of alkyl halides is 3. The lowest BCUT2D eigenvalue weighted by atomic mass is 9.92. The third-order valence-electron chi connectivity index (χ3n) is 5.29. The van der Waals surface area contributed by atoms with Crippen LogP contribution in [0.4, 0.5) is 13.2 Å². The summed E-state index contributed by atoms with van der Waals surface area (Å²) in [7, 11) is 0. The smallest absolute Gasteiger partial charge is 0.416 e. The van der Waals surface area contributed by atoms with Crippen molar-refractivity contribution in [1.82, 2.24) is 5.32 Å². The molecule has 0 saturated heterocycles. The summed E-state index contributed by atoms with van der Waals surface area (Å²) in [5.74, 6) is 0.0986. The maximum Gasteiger partial charge on any atom is 0.416 e. The van der Waals surface area contributed by atoms with E-state index >= 15 is 0 Å². The third kappa shape index (κ3) is 4.24. The van der Waals surface area contributed by atoms with Crippen LogP contribution < -0.4 is 10.1 Å². The van der Waals surface area contributed by atoms with Gasteiger partial charge in [0.05, 0.1) is 11.1 Å². The van der Waals surface area contributed by atoms with Crippen molar-refractivity contribution in [2.45, 2.75) is 38.1 Å². The SMILES string of the molecule is O=C(NC1CCC1)c1cc(Cl)c2ccccc2c1OCc1ccc(C(F)(F)F)cc1. The molecule has 0 unspecified atom stereocenters. The van der Waals surface area contributed by atoms with Gasteiger partial charge in [0.1, 0.15) is 12.4 Å². The van der Waals surface area contributed by atoms with Crippen LogP contribution in [0.1, 0.15) is 40.7 Å². The molecule has 0 bridgehead atoms. The molecule has 156 valence electrons. The van der Waals surface area contributed by atoms with Crippen LogP contribution in [0.5, 0.6) is 5.75 Å². The summed E-state index contributed by atoms with van der Waals surface area (Å²) in [5.41, 5.74) is 0.161. The monoisotopic (exact) mass is 433 g/mol. The largest absolute Gasteiger partial charge is 0.487 e. The van der Waals surface area contributed by atoms with Crippen molar-refractivity contribution < 1.29 is 22.7 Å². The number of fused-ring (bicyclic) bond motifs is 1. The van der Waals surface area contributed by atoms with Crippen molar-refractivity contribution in [3.63, 3.8) is 0 Å². The minimum absolute atomic E-state index is 0.0213. The number of carbonyl (C=O) groups excluding carboxylic acids is 1. The summed E-state index contributed by atoms with van der Waals surface area (Å²) >= 11 is 6.40. The normalized spacial score (nSPS) is 14.4. The average molecular weight is 434 g/mol. The first-order valence-corrected chi connectivity index (χ1v) is 10.0. The summed E-state index contributed by atoms with van der Waals surface area (Å²) in [6, 6.07) is 13.8. The van der Waals surface area contributed by atoms with Gasteiger partial charge in [-0.2, -0.15) is 13.2 Å². The highest BCUT2D eigenvalue weighted by molar-refractivity contribution is 6.36. The standard InChI is InChI=1S/C23H19ClF3NO2/c24-20-12-19(22(29)28-16-4-3-5-16)21(18-7-2-1-6-17(18)20)30-13-14-8-10-15(11-9-14)23(25,26)27/h1-2,6-12,16H,3-5,13H2,(H,28,29). The zero-order chi connectivity index (χ0) is 21.3. The van der Waals surface area contributed by atoms with E-state index < -0.39 is 11.7 Å². The first-order valence-electron chi connectivity index (χ1n) is 9.64. The van der Waals surface area contributed by atoms with E-state index in [4.69, 9.17) is 16.3 Å². The van der Waals surface area contributed by atoms with Gasteiger partial charge in [0.25, 0.3) is 5.91 Å². The Hall–Kier alpha value is -2.73. The molecule has 30 heavy (non-hydrogen) atoms. The molecule has 1 aliphatic carbocycles. The first-order chi connectivity index (χ1) is 14.3. The maximum atomic E-state index is 12.9. The molecule has 1 amide bonds. The van der Waals surface area contributed by atoms with Gasteiger partial charge in [0, 0.05) is 21.8 Å².